The molecule has 1 amide bonds. The second-order valence-corrected chi connectivity index (χ2v) is 6.07. The molecule has 134 valence electrons. The first-order valence-electron chi connectivity index (χ1n) is 8.39. The number of nitrogens with zero attached hydrogens (tertiary/aromatic N) is 2. The van der Waals surface area contributed by atoms with Crippen LogP contribution in [0.15, 0.2) is 71.8 Å². The van der Waals surface area contributed by atoms with Gasteiger partial charge in [0.1, 0.15) is 0 Å². The Labute approximate surface area is 154 Å². The van der Waals surface area contributed by atoms with E-state index in [0.717, 1.165) is 11.0 Å². The van der Waals surface area contributed by atoms with Crippen LogP contribution in [0.25, 0.3) is 11.0 Å². The molecule has 0 aliphatic rings. The lowest BCUT2D eigenvalue weighted by Crippen LogP contribution is -2.21. The number of hydrogen-bond acceptors (Lipinski definition) is 4. The molecule has 0 spiro atoms. The topological polar surface area (TPSA) is 91.8 Å². The van der Waals surface area contributed by atoms with Crippen molar-refractivity contribution in [2.75, 3.05) is 10.6 Å². The van der Waals surface area contributed by atoms with E-state index in [4.69, 9.17) is 0 Å². The third-order valence-corrected chi connectivity index (χ3v) is 4.25. The van der Waals surface area contributed by atoms with E-state index in [1.165, 1.54) is 0 Å². The zero-order chi connectivity index (χ0) is 18.8. The van der Waals surface area contributed by atoms with E-state index in [1.54, 1.807) is 54.3 Å². The predicted octanol–water partition coefficient (Wildman–Crippen LogP) is 3.26. The van der Waals surface area contributed by atoms with Crippen molar-refractivity contribution in [2.24, 2.45) is 7.05 Å². The number of carbonyl (C=O) groups is 1. The van der Waals surface area contributed by atoms with Crippen LogP contribution in [0.3, 0.4) is 0 Å². The molecule has 0 fully saturated rings. The Morgan fingerprint density at radius 2 is 1.81 bits per heavy atom. The summed E-state index contributed by atoms with van der Waals surface area (Å²) in [7, 11) is 1.71. The summed E-state index contributed by atoms with van der Waals surface area (Å²) in [5.41, 5.74) is 3.16. The number of para-hydroxylation sites is 2. The van der Waals surface area contributed by atoms with Crippen LogP contribution in [0, 0.1) is 0 Å². The van der Waals surface area contributed by atoms with Crippen LogP contribution in [0.2, 0.25) is 0 Å². The van der Waals surface area contributed by atoms with E-state index >= 15 is 0 Å². The van der Waals surface area contributed by atoms with Crippen LogP contribution in [0.1, 0.15) is 10.4 Å². The number of aryl methyl sites for hydroxylation is 1. The Balaban J connectivity index is 1.57. The van der Waals surface area contributed by atoms with Crippen molar-refractivity contribution in [1.82, 2.24) is 14.5 Å². The van der Waals surface area contributed by atoms with E-state index in [9.17, 15) is 9.59 Å². The number of benzene rings is 2. The monoisotopic (exact) mass is 359 g/mol. The average Bonchev–Trinajstić information content (AvgIpc) is 3.19. The second-order valence-electron chi connectivity index (χ2n) is 6.07. The lowest BCUT2D eigenvalue weighted by atomic mass is 10.2. The van der Waals surface area contributed by atoms with Crippen LogP contribution in [-0.2, 0) is 7.05 Å². The molecule has 0 saturated carbocycles. The Morgan fingerprint density at radius 3 is 2.56 bits per heavy atom. The molecule has 7 heteroatoms. The zero-order valence-corrected chi connectivity index (χ0v) is 14.6. The van der Waals surface area contributed by atoms with Gasteiger partial charge in [0, 0.05) is 30.7 Å². The standard InChI is InChI=1S/C20H17N5O2/c1-25-17-5-3-2-4-16(17)24-18(20(25)27)22-14-8-6-13(7-9-14)19(26)23-15-10-11-21-12-15/h2-12,21H,1H3,(H,22,24)(H,23,26). The number of carbonyl (C=O) groups excluding carboxylic acids is 1. The van der Waals surface area contributed by atoms with Crippen LogP contribution in [0.4, 0.5) is 17.2 Å². The highest BCUT2D eigenvalue weighted by molar-refractivity contribution is 6.04. The molecule has 0 saturated heterocycles. The molecule has 2 heterocycles. The maximum atomic E-state index is 12.5. The summed E-state index contributed by atoms with van der Waals surface area (Å²) < 4.78 is 1.56. The molecule has 0 aliphatic heterocycles. The van der Waals surface area contributed by atoms with Gasteiger partial charge in [0.15, 0.2) is 5.82 Å². The lowest BCUT2D eigenvalue weighted by molar-refractivity contribution is 0.102. The molecule has 4 aromatic rings. The molecular formula is C20H17N5O2. The molecule has 4 rings (SSSR count). The van der Waals surface area contributed by atoms with Gasteiger partial charge in [-0.15, -0.1) is 0 Å². The largest absolute Gasteiger partial charge is 0.366 e. The number of nitrogens with one attached hydrogen (secondary N) is 3. The molecule has 2 aromatic heterocycles. The third kappa shape index (κ3) is 3.30. The Morgan fingerprint density at radius 1 is 1.04 bits per heavy atom. The minimum atomic E-state index is -0.219. The van der Waals surface area contributed by atoms with Gasteiger partial charge in [-0.2, -0.15) is 0 Å². The van der Waals surface area contributed by atoms with Crippen molar-refractivity contribution >= 4 is 34.1 Å². The van der Waals surface area contributed by atoms with Crippen LogP contribution in [0.5, 0.6) is 0 Å². The van der Waals surface area contributed by atoms with Gasteiger partial charge in [-0.25, -0.2) is 4.98 Å². The Hall–Kier alpha value is -3.87. The van der Waals surface area contributed by atoms with E-state index in [1.807, 2.05) is 24.3 Å². The van der Waals surface area contributed by atoms with Gasteiger partial charge in [-0.05, 0) is 42.5 Å². The second kappa shape index (κ2) is 6.80. The number of anilines is 3. The van der Waals surface area contributed by atoms with Gasteiger partial charge < -0.3 is 20.2 Å². The van der Waals surface area contributed by atoms with Crippen molar-refractivity contribution in [3.05, 3.63) is 82.9 Å². The number of hydrogen-bond donors (Lipinski definition) is 3. The Bertz CT molecular complexity index is 1160. The van der Waals surface area contributed by atoms with Crippen LogP contribution < -0.4 is 16.2 Å². The number of aromatic nitrogens is 3. The van der Waals surface area contributed by atoms with Gasteiger partial charge in [-0.1, -0.05) is 12.1 Å². The zero-order valence-electron chi connectivity index (χ0n) is 14.6. The summed E-state index contributed by atoms with van der Waals surface area (Å²) >= 11 is 0. The Kier molecular flexibility index (Phi) is 4.18. The van der Waals surface area contributed by atoms with Gasteiger partial charge >= 0.3 is 0 Å². The molecule has 0 bridgehead atoms. The molecule has 2 aromatic carbocycles. The van der Waals surface area contributed by atoms with E-state index in [0.29, 0.717) is 16.9 Å². The van der Waals surface area contributed by atoms with E-state index in [-0.39, 0.29) is 17.3 Å². The minimum absolute atomic E-state index is 0.208. The molecule has 0 radical (unpaired) electrons. The van der Waals surface area contributed by atoms with Crippen molar-refractivity contribution in [3.8, 4) is 0 Å². The summed E-state index contributed by atoms with van der Waals surface area (Å²) in [6.45, 7) is 0. The fourth-order valence-electron chi connectivity index (χ4n) is 2.81. The number of fused-ring (bicyclic) bond motifs is 1. The summed E-state index contributed by atoms with van der Waals surface area (Å²) in [6.07, 6.45) is 3.44. The average molecular weight is 359 g/mol. The van der Waals surface area contributed by atoms with Crippen molar-refractivity contribution < 1.29 is 4.79 Å². The molecule has 7 nitrogen and oxygen atoms in total. The first-order valence-corrected chi connectivity index (χ1v) is 8.39. The van der Waals surface area contributed by atoms with Gasteiger partial charge in [0.25, 0.3) is 11.5 Å². The minimum Gasteiger partial charge on any atom is -0.366 e. The maximum absolute atomic E-state index is 12.5. The number of H-pyrrole nitrogens is 1. The first kappa shape index (κ1) is 16.6. The van der Waals surface area contributed by atoms with Gasteiger partial charge in [-0.3, -0.25) is 9.59 Å². The molecular weight excluding hydrogens is 342 g/mol. The fourth-order valence-corrected chi connectivity index (χ4v) is 2.81. The van der Waals surface area contributed by atoms with Crippen LogP contribution >= 0.6 is 0 Å². The highest BCUT2D eigenvalue weighted by Crippen LogP contribution is 2.17. The number of aromatic amines is 1. The highest BCUT2D eigenvalue weighted by atomic mass is 16.1. The summed E-state index contributed by atoms with van der Waals surface area (Å²) in [5, 5.41) is 5.82. The first-order chi connectivity index (χ1) is 13.1. The molecule has 27 heavy (non-hydrogen) atoms. The normalized spacial score (nSPS) is 10.7. The fraction of sp³-hybridized carbons (Fsp3) is 0.0500. The lowest BCUT2D eigenvalue weighted by Gasteiger charge is -2.10. The molecule has 0 aliphatic carbocycles. The van der Waals surface area contributed by atoms with E-state index in [2.05, 4.69) is 20.6 Å². The summed E-state index contributed by atoms with van der Waals surface area (Å²) in [4.78, 5) is 32.0. The summed E-state index contributed by atoms with van der Waals surface area (Å²) in [6, 6.07) is 16.1. The van der Waals surface area contributed by atoms with Gasteiger partial charge in [0.05, 0.1) is 16.7 Å². The highest BCUT2D eigenvalue weighted by Gasteiger charge is 2.10. The smallest absolute Gasteiger partial charge is 0.293 e. The SMILES string of the molecule is Cn1c(=O)c(Nc2ccc(C(=O)Nc3cc[nH]c3)cc2)nc2ccccc21. The maximum Gasteiger partial charge on any atom is 0.293 e. The third-order valence-electron chi connectivity index (χ3n) is 4.25. The van der Waals surface area contributed by atoms with Crippen molar-refractivity contribution in [2.45, 2.75) is 0 Å². The summed E-state index contributed by atoms with van der Waals surface area (Å²) in [5.74, 6) is 0.0293. The van der Waals surface area contributed by atoms with Crippen molar-refractivity contribution in [1.29, 1.82) is 0 Å². The van der Waals surface area contributed by atoms with Crippen LogP contribution in [-0.4, -0.2) is 20.4 Å². The van der Waals surface area contributed by atoms with E-state index < -0.39 is 0 Å². The molecule has 0 atom stereocenters. The van der Waals surface area contributed by atoms with Gasteiger partial charge in [0.2, 0.25) is 0 Å². The molecule has 0 unspecified atom stereocenters. The number of rotatable bonds is 4. The molecule has 3 N–H and O–H groups in total. The predicted molar refractivity (Wildman–Crippen MR) is 105 cm³/mol. The van der Waals surface area contributed by atoms with Crippen molar-refractivity contribution in [3.63, 3.8) is 0 Å². The quantitative estimate of drug-likeness (QED) is 0.521. The number of amides is 1.